The summed E-state index contributed by atoms with van der Waals surface area (Å²) in [4.78, 5) is 29.3. The van der Waals surface area contributed by atoms with E-state index in [0.29, 0.717) is 26.2 Å². The van der Waals surface area contributed by atoms with E-state index in [-0.39, 0.29) is 11.8 Å². The molecule has 0 aliphatic carbocycles. The predicted octanol–water partition coefficient (Wildman–Crippen LogP) is -0.448. The molecule has 0 radical (unpaired) electrons. The Kier molecular flexibility index (Phi) is 10.2. The standard InChI is InChI=1S/C20H30N4O2S2/c1-3-23(13-17-7-5-11-27-17)15-19(25)21-9-10-22-20(26)16-24(4-2)14-18-8-6-12-28-18/h5-8,11-12H,3-4,9-10,13-16H2,1-2H3,(H,21,25)(H,22,26)/p+2. The fourth-order valence-electron chi connectivity index (χ4n) is 2.93. The van der Waals surface area contributed by atoms with Gasteiger partial charge in [-0.1, -0.05) is 12.1 Å². The van der Waals surface area contributed by atoms with Crippen LogP contribution in [0.25, 0.3) is 0 Å². The molecule has 0 bridgehead atoms. The minimum absolute atomic E-state index is 0.0289. The third-order valence-corrected chi connectivity index (χ3v) is 6.35. The van der Waals surface area contributed by atoms with Gasteiger partial charge < -0.3 is 20.4 Å². The summed E-state index contributed by atoms with van der Waals surface area (Å²) in [6.45, 7) is 9.58. The smallest absolute Gasteiger partial charge is 0.275 e. The highest BCUT2D eigenvalue weighted by Crippen LogP contribution is 2.06. The van der Waals surface area contributed by atoms with E-state index in [1.807, 2.05) is 12.1 Å². The van der Waals surface area contributed by atoms with E-state index >= 15 is 0 Å². The lowest BCUT2D eigenvalue weighted by Crippen LogP contribution is -3.11. The van der Waals surface area contributed by atoms with Gasteiger partial charge in [0.1, 0.15) is 13.1 Å². The van der Waals surface area contributed by atoms with E-state index in [2.05, 4.69) is 47.4 Å². The van der Waals surface area contributed by atoms with Crippen LogP contribution in [0.4, 0.5) is 0 Å². The maximum Gasteiger partial charge on any atom is 0.275 e. The van der Waals surface area contributed by atoms with Crippen molar-refractivity contribution in [2.24, 2.45) is 0 Å². The molecule has 0 aromatic carbocycles. The Balaban J connectivity index is 1.60. The van der Waals surface area contributed by atoms with Crippen LogP contribution in [0.5, 0.6) is 0 Å². The quantitative estimate of drug-likeness (QED) is 0.329. The van der Waals surface area contributed by atoms with Gasteiger partial charge in [0.05, 0.1) is 22.8 Å². The van der Waals surface area contributed by atoms with Crippen LogP contribution in [0.1, 0.15) is 23.6 Å². The number of amides is 2. The third kappa shape index (κ3) is 8.52. The van der Waals surface area contributed by atoms with E-state index in [0.717, 1.165) is 26.2 Å². The minimum Gasteiger partial charge on any atom is -0.349 e. The van der Waals surface area contributed by atoms with Crippen molar-refractivity contribution in [1.29, 1.82) is 0 Å². The summed E-state index contributed by atoms with van der Waals surface area (Å²) in [7, 11) is 0. The van der Waals surface area contributed by atoms with Crippen molar-refractivity contribution in [3.63, 3.8) is 0 Å². The molecule has 2 amide bonds. The fourth-order valence-corrected chi connectivity index (χ4v) is 4.48. The van der Waals surface area contributed by atoms with E-state index in [9.17, 15) is 9.59 Å². The van der Waals surface area contributed by atoms with E-state index < -0.39 is 0 Å². The SMILES string of the molecule is CC[NH+](CC(=O)NCCNC(=O)C[NH+](CC)Cc1cccs1)Cc1cccs1. The minimum atomic E-state index is 0.0289. The van der Waals surface area contributed by atoms with E-state index in [1.54, 1.807) is 22.7 Å². The van der Waals surface area contributed by atoms with Crippen molar-refractivity contribution in [2.75, 3.05) is 39.3 Å². The highest BCUT2D eigenvalue weighted by atomic mass is 32.1. The number of quaternary nitrogens is 2. The predicted molar refractivity (Wildman–Crippen MR) is 115 cm³/mol. The number of hydrogen-bond acceptors (Lipinski definition) is 4. The van der Waals surface area contributed by atoms with Crippen LogP contribution in [0.3, 0.4) is 0 Å². The summed E-state index contributed by atoms with van der Waals surface area (Å²) in [6, 6.07) is 8.29. The number of hydrogen-bond donors (Lipinski definition) is 4. The van der Waals surface area contributed by atoms with Crippen molar-refractivity contribution in [1.82, 2.24) is 10.6 Å². The Morgan fingerprint density at radius 2 is 1.25 bits per heavy atom. The summed E-state index contributed by atoms with van der Waals surface area (Å²) in [5.41, 5.74) is 0. The van der Waals surface area contributed by atoms with Crippen LogP contribution < -0.4 is 20.4 Å². The van der Waals surface area contributed by atoms with Crippen molar-refractivity contribution in [3.8, 4) is 0 Å². The van der Waals surface area contributed by atoms with Gasteiger partial charge in [-0.05, 0) is 36.7 Å². The molecule has 0 aliphatic heterocycles. The van der Waals surface area contributed by atoms with Gasteiger partial charge in [-0.15, -0.1) is 22.7 Å². The maximum absolute atomic E-state index is 12.1. The second-order valence-electron chi connectivity index (χ2n) is 6.77. The molecule has 28 heavy (non-hydrogen) atoms. The van der Waals surface area contributed by atoms with Crippen LogP contribution in [-0.4, -0.2) is 51.1 Å². The van der Waals surface area contributed by atoms with Crippen LogP contribution >= 0.6 is 22.7 Å². The first-order valence-corrected chi connectivity index (χ1v) is 11.6. The highest BCUT2D eigenvalue weighted by molar-refractivity contribution is 7.10. The Morgan fingerprint density at radius 3 is 1.57 bits per heavy atom. The van der Waals surface area contributed by atoms with Crippen LogP contribution in [0.2, 0.25) is 0 Å². The fraction of sp³-hybridized carbons (Fsp3) is 0.500. The number of carbonyl (C=O) groups excluding carboxylic acids is 2. The van der Waals surface area contributed by atoms with Crippen molar-refractivity contribution < 1.29 is 19.4 Å². The lowest BCUT2D eigenvalue weighted by molar-refractivity contribution is -0.903. The van der Waals surface area contributed by atoms with Gasteiger partial charge in [0, 0.05) is 13.1 Å². The lowest BCUT2D eigenvalue weighted by Gasteiger charge is -2.17. The zero-order valence-corrected chi connectivity index (χ0v) is 18.4. The van der Waals surface area contributed by atoms with E-state index in [4.69, 9.17) is 0 Å². The second-order valence-corrected chi connectivity index (χ2v) is 8.84. The number of rotatable bonds is 13. The maximum atomic E-state index is 12.1. The molecule has 0 fully saturated rings. The molecule has 4 N–H and O–H groups in total. The summed E-state index contributed by atoms with van der Waals surface area (Å²) < 4.78 is 0. The molecule has 2 heterocycles. The molecule has 2 aromatic heterocycles. The molecule has 0 aliphatic rings. The highest BCUT2D eigenvalue weighted by Gasteiger charge is 2.15. The molecule has 2 atom stereocenters. The average molecular weight is 425 g/mol. The Morgan fingerprint density at radius 1 is 0.821 bits per heavy atom. The molecular weight excluding hydrogens is 392 g/mol. The summed E-state index contributed by atoms with van der Waals surface area (Å²) in [5.74, 6) is 0.0577. The lowest BCUT2D eigenvalue weighted by atomic mass is 10.3. The van der Waals surface area contributed by atoms with Gasteiger partial charge in [-0.25, -0.2) is 0 Å². The van der Waals surface area contributed by atoms with Crippen LogP contribution in [-0.2, 0) is 22.7 Å². The molecule has 2 unspecified atom stereocenters. The van der Waals surface area contributed by atoms with Gasteiger partial charge in [0.2, 0.25) is 0 Å². The second kappa shape index (κ2) is 12.7. The molecule has 6 nitrogen and oxygen atoms in total. The molecule has 8 heteroatoms. The van der Waals surface area contributed by atoms with E-state index in [1.165, 1.54) is 19.6 Å². The third-order valence-electron chi connectivity index (χ3n) is 4.60. The molecule has 2 aromatic rings. The molecule has 0 spiro atoms. The van der Waals surface area contributed by atoms with Crippen molar-refractivity contribution in [3.05, 3.63) is 44.8 Å². The number of thiophene rings is 2. The Bertz CT molecular complexity index is 629. The first kappa shape index (κ1) is 22.5. The van der Waals surface area contributed by atoms with Gasteiger partial charge in [-0.3, -0.25) is 9.59 Å². The van der Waals surface area contributed by atoms with Crippen molar-refractivity contribution in [2.45, 2.75) is 26.9 Å². The molecule has 0 saturated heterocycles. The largest absolute Gasteiger partial charge is 0.349 e. The number of likely N-dealkylation sites (N-methyl/N-ethyl adjacent to an activating group) is 2. The molecule has 154 valence electrons. The normalized spacial score (nSPS) is 13.1. The van der Waals surface area contributed by atoms with Crippen LogP contribution in [0, 0.1) is 0 Å². The topological polar surface area (TPSA) is 67.1 Å². The van der Waals surface area contributed by atoms with Gasteiger partial charge in [0.15, 0.2) is 13.1 Å². The average Bonchev–Trinajstić information content (AvgIpc) is 3.38. The summed E-state index contributed by atoms with van der Waals surface area (Å²) in [5, 5.41) is 9.95. The Hall–Kier alpha value is -1.74. The van der Waals surface area contributed by atoms with Gasteiger partial charge >= 0.3 is 0 Å². The summed E-state index contributed by atoms with van der Waals surface area (Å²) >= 11 is 3.45. The first-order valence-electron chi connectivity index (χ1n) is 9.86. The molecule has 2 rings (SSSR count). The van der Waals surface area contributed by atoms with Gasteiger partial charge in [0.25, 0.3) is 11.8 Å². The Labute approximate surface area is 175 Å². The van der Waals surface area contributed by atoms with Crippen LogP contribution in [0.15, 0.2) is 35.0 Å². The van der Waals surface area contributed by atoms with Crippen molar-refractivity contribution >= 4 is 34.5 Å². The van der Waals surface area contributed by atoms with Gasteiger partial charge in [-0.2, -0.15) is 0 Å². The number of carbonyl (C=O) groups is 2. The monoisotopic (exact) mass is 424 g/mol. The number of nitrogens with one attached hydrogen (secondary N) is 4. The zero-order valence-electron chi connectivity index (χ0n) is 16.8. The first-order chi connectivity index (χ1) is 13.6. The molecule has 0 saturated carbocycles. The zero-order chi connectivity index (χ0) is 20.2. The molecular formula is C20H32N4O2S2+2. The summed E-state index contributed by atoms with van der Waals surface area (Å²) in [6.07, 6.45) is 0.